The molecule has 2 aliphatic rings. The number of ether oxygens (including phenoxy) is 3. The Labute approximate surface area is 147 Å². The van der Waals surface area contributed by atoms with E-state index in [2.05, 4.69) is 15.2 Å². The summed E-state index contributed by atoms with van der Waals surface area (Å²) in [6, 6.07) is 6.27. The number of ketones is 1. The van der Waals surface area contributed by atoms with Gasteiger partial charge in [0.2, 0.25) is 11.1 Å². The Kier molecular flexibility index (Phi) is 3.94. The summed E-state index contributed by atoms with van der Waals surface area (Å²) in [5.41, 5.74) is 1.07. The van der Waals surface area contributed by atoms with Gasteiger partial charge in [0, 0.05) is 6.42 Å². The minimum absolute atomic E-state index is 0.127. The average Bonchev–Trinajstić information content (AvgIpc) is 3.23. The van der Waals surface area contributed by atoms with E-state index in [4.69, 9.17) is 21.7 Å². The molecule has 2 fully saturated rings. The highest BCUT2D eigenvalue weighted by Gasteiger charge is 2.45. The summed E-state index contributed by atoms with van der Waals surface area (Å²) in [6.45, 7) is 0.323. The lowest BCUT2D eigenvalue weighted by Crippen LogP contribution is -2.37. The van der Waals surface area contributed by atoms with Crippen LogP contribution in [0.2, 0.25) is 0 Å². The third kappa shape index (κ3) is 2.68. The zero-order valence-electron chi connectivity index (χ0n) is 13.2. The number of fused-ring (bicyclic) bond motifs is 2. The number of Topliss-reactive ketones (excluding diaryl/α,β-unsaturated/α-hetero) is 1. The standard InChI is InChI=1S/C15H14N4O5S/c1-22-13(21)8-2-4-9(5-3-8)18-15(25)19(17-16-18)10-6-11(20)14-23-7-12(10)24-14/h2-5,10,12,14H,6-7H2,1H3/t10-,12+,14+/m1/s1. The van der Waals surface area contributed by atoms with Gasteiger partial charge < -0.3 is 14.2 Å². The van der Waals surface area contributed by atoms with Crippen LogP contribution in [0.5, 0.6) is 0 Å². The van der Waals surface area contributed by atoms with E-state index in [0.29, 0.717) is 22.6 Å². The molecule has 0 unspecified atom stereocenters. The lowest BCUT2D eigenvalue weighted by Gasteiger charge is -2.25. The van der Waals surface area contributed by atoms with Crippen LogP contribution in [0.3, 0.4) is 0 Å². The van der Waals surface area contributed by atoms with Crippen molar-refractivity contribution in [2.24, 2.45) is 0 Å². The Morgan fingerprint density at radius 2 is 2.08 bits per heavy atom. The molecule has 3 heterocycles. The number of rotatable bonds is 3. The normalized spacial score (nSPS) is 25.2. The number of carbonyl (C=O) groups excluding carboxylic acids is 2. The maximum Gasteiger partial charge on any atom is 0.337 e. The molecule has 0 N–H and O–H groups in total. The first kappa shape index (κ1) is 16.1. The van der Waals surface area contributed by atoms with Crippen molar-refractivity contribution in [3.8, 4) is 5.69 Å². The number of tetrazole rings is 1. The number of esters is 1. The lowest BCUT2D eigenvalue weighted by molar-refractivity contribution is -0.156. The summed E-state index contributed by atoms with van der Waals surface area (Å²) in [6.07, 6.45) is -0.804. The first-order valence-corrected chi connectivity index (χ1v) is 8.02. The minimum atomic E-state index is -0.767. The average molecular weight is 362 g/mol. The summed E-state index contributed by atoms with van der Waals surface area (Å²) in [4.78, 5) is 23.5. The van der Waals surface area contributed by atoms with Crippen LogP contribution >= 0.6 is 12.2 Å². The van der Waals surface area contributed by atoms with E-state index in [-0.39, 0.29) is 24.3 Å². The van der Waals surface area contributed by atoms with Gasteiger partial charge in [-0.15, -0.1) is 0 Å². The van der Waals surface area contributed by atoms with E-state index >= 15 is 0 Å². The molecule has 0 aliphatic carbocycles. The SMILES string of the molecule is COC(=O)c1ccc(-n2nnn([C@@H]3CC(=O)[C@H]4OC[C@@H]3O4)c2=S)cc1. The van der Waals surface area contributed by atoms with Crippen LogP contribution in [0.25, 0.3) is 5.69 Å². The predicted octanol–water partition coefficient (Wildman–Crippen LogP) is 0.840. The molecule has 0 spiro atoms. The maximum absolute atomic E-state index is 12.0. The molecule has 130 valence electrons. The molecule has 0 amide bonds. The topological polar surface area (TPSA) is 97.5 Å². The summed E-state index contributed by atoms with van der Waals surface area (Å²) >= 11 is 5.45. The fourth-order valence-electron chi connectivity index (χ4n) is 2.95. The third-order valence-corrected chi connectivity index (χ3v) is 4.62. The quantitative estimate of drug-likeness (QED) is 0.585. The van der Waals surface area contributed by atoms with E-state index in [1.807, 2.05) is 0 Å². The largest absolute Gasteiger partial charge is 0.465 e. The summed E-state index contributed by atoms with van der Waals surface area (Å²) in [5, 5.41) is 8.15. The number of benzene rings is 1. The second-order valence-electron chi connectivity index (χ2n) is 5.73. The monoisotopic (exact) mass is 362 g/mol. The van der Waals surface area contributed by atoms with E-state index < -0.39 is 12.3 Å². The Morgan fingerprint density at radius 3 is 2.80 bits per heavy atom. The van der Waals surface area contributed by atoms with Crippen LogP contribution in [0, 0.1) is 4.77 Å². The van der Waals surface area contributed by atoms with Gasteiger partial charge in [-0.1, -0.05) is 0 Å². The maximum atomic E-state index is 12.0. The van der Waals surface area contributed by atoms with Crippen LogP contribution < -0.4 is 0 Å². The number of methoxy groups -OCH3 is 1. The smallest absolute Gasteiger partial charge is 0.337 e. The molecule has 4 rings (SSSR count). The zero-order valence-corrected chi connectivity index (χ0v) is 14.0. The molecule has 3 atom stereocenters. The molecule has 2 saturated heterocycles. The van der Waals surface area contributed by atoms with Gasteiger partial charge in [-0.2, -0.15) is 4.68 Å². The fourth-order valence-corrected chi connectivity index (χ4v) is 3.27. The Hall–Kier alpha value is -2.43. The number of hydrogen-bond donors (Lipinski definition) is 0. The van der Waals surface area contributed by atoms with Crippen LogP contribution in [-0.4, -0.2) is 57.7 Å². The van der Waals surface area contributed by atoms with Crippen molar-refractivity contribution in [1.29, 1.82) is 0 Å². The van der Waals surface area contributed by atoms with E-state index in [1.165, 1.54) is 16.5 Å². The zero-order chi connectivity index (χ0) is 17.6. The predicted molar refractivity (Wildman–Crippen MR) is 84.8 cm³/mol. The lowest BCUT2D eigenvalue weighted by atomic mass is 10.0. The van der Waals surface area contributed by atoms with Gasteiger partial charge >= 0.3 is 5.97 Å². The van der Waals surface area contributed by atoms with Gasteiger partial charge in [-0.25, -0.2) is 9.48 Å². The van der Waals surface area contributed by atoms with Gasteiger partial charge in [-0.05, 0) is 46.9 Å². The first-order valence-electron chi connectivity index (χ1n) is 7.61. The first-order chi connectivity index (χ1) is 12.1. The third-order valence-electron chi connectivity index (χ3n) is 4.26. The molecule has 9 nitrogen and oxygen atoms in total. The highest BCUT2D eigenvalue weighted by molar-refractivity contribution is 7.71. The molecule has 1 aromatic carbocycles. The van der Waals surface area contributed by atoms with Crippen molar-refractivity contribution in [3.05, 3.63) is 34.6 Å². The molecule has 0 radical (unpaired) electrons. The summed E-state index contributed by atoms with van der Waals surface area (Å²) in [7, 11) is 1.32. The van der Waals surface area contributed by atoms with Crippen LogP contribution in [-0.2, 0) is 19.0 Å². The second kappa shape index (κ2) is 6.14. The van der Waals surface area contributed by atoms with E-state index in [1.54, 1.807) is 24.3 Å². The highest BCUT2D eigenvalue weighted by atomic mass is 32.1. The van der Waals surface area contributed by atoms with Gasteiger partial charge in [0.25, 0.3) is 0 Å². The molecule has 2 bridgehead atoms. The minimum Gasteiger partial charge on any atom is -0.465 e. The Balaban J connectivity index is 1.64. The summed E-state index contributed by atoms with van der Waals surface area (Å²) < 4.78 is 18.8. The molecule has 10 heteroatoms. The highest BCUT2D eigenvalue weighted by Crippen LogP contribution is 2.32. The van der Waals surface area contributed by atoms with E-state index in [0.717, 1.165) is 0 Å². The van der Waals surface area contributed by atoms with Crippen molar-refractivity contribution >= 4 is 24.0 Å². The molecule has 0 saturated carbocycles. The van der Waals surface area contributed by atoms with Gasteiger partial charge in [-0.3, -0.25) is 4.79 Å². The van der Waals surface area contributed by atoms with Crippen LogP contribution in [0.1, 0.15) is 22.8 Å². The Morgan fingerprint density at radius 1 is 1.32 bits per heavy atom. The molecule has 25 heavy (non-hydrogen) atoms. The van der Waals surface area contributed by atoms with Crippen molar-refractivity contribution in [3.63, 3.8) is 0 Å². The Bertz CT molecular complexity index is 890. The molecule has 2 aliphatic heterocycles. The second-order valence-corrected chi connectivity index (χ2v) is 6.10. The number of aromatic nitrogens is 4. The fraction of sp³-hybridized carbons (Fsp3) is 0.400. The van der Waals surface area contributed by atoms with Gasteiger partial charge in [0.1, 0.15) is 6.10 Å². The molecule has 1 aromatic heterocycles. The van der Waals surface area contributed by atoms with Crippen molar-refractivity contribution in [1.82, 2.24) is 19.8 Å². The van der Waals surface area contributed by atoms with Gasteiger partial charge in [0.05, 0.1) is 31.0 Å². The van der Waals surface area contributed by atoms with Crippen molar-refractivity contribution in [2.45, 2.75) is 24.9 Å². The van der Waals surface area contributed by atoms with Crippen molar-refractivity contribution < 1.29 is 23.8 Å². The van der Waals surface area contributed by atoms with Crippen molar-refractivity contribution in [2.75, 3.05) is 13.7 Å². The van der Waals surface area contributed by atoms with Crippen LogP contribution in [0.15, 0.2) is 24.3 Å². The van der Waals surface area contributed by atoms with Gasteiger partial charge in [0.15, 0.2) is 5.78 Å². The molecular formula is C15H14N4O5S. The summed E-state index contributed by atoms with van der Waals surface area (Å²) in [5.74, 6) is -0.551. The number of hydrogen-bond acceptors (Lipinski definition) is 8. The van der Waals surface area contributed by atoms with E-state index in [9.17, 15) is 9.59 Å². The van der Waals surface area contributed by atoms with Crippen LogP contribution in [0.4, 0.5) is 0 Å². The number of nitrogens with zero attached hydrogens (tertiary/aromatic N) is 4. The molecular weight excluding hydrogens is 348 g/mol. The number of carbonyl (C=O) groups is 2. The molecule has 2 aromatic rings.